The van der Waals surface area contributed by atoms with Crippen LogP contribution >= 0.6 is 0 Å². The summed E-state index contributed by atoms with van der Waals surface area (Å²) in [5.74, 6) is -0.849. The van der Waals surface area contributed by atoms with E-state index in [2.05, 4.69) is 6.92 Å². The number of aliphatic hydroxyl groups excluding tert-OH is 1. The van der Waals surface area contributed by atoms with Crippen LogP contribution in [0.25, 0.3) is 0 Å². The molecule has 1 heterocycles. The summed E-state index contributed by atoms with van der Waals surface area (Å²) in [6.45, 7) is 2.98. The van der Waals surface area contributed by atoms with E-state index in [4.69, 9.17) is 4.74 Å². The second kappa shape index (κ2) is 7.56. The van der Waals surface area contributed by atoms with Crippen LogP contribution in [0.15, 0.2) is 0 Å². The van der Waals surface area contributed by atoms with E-state index < -0.39 is 6.10 Å². The first-order valence-corrected chi connectivity index (χ1v) is 6.47. The maximum Gasteiger partial charge on any atom is 0.198 e. The highest BCUT2D eigenvalue weighted by atomic mass is 16.5. The molecule has 0 amide bonds. The monoisotopic (exact) mass is 242 g/mol. The summed E-state index contributed by atoms with van der Waals surface area (Å²) in [7, 11) is 0. The number of unbranched alkanes of at least 4 members (excludes halogenated alkanes) is 2. The van der Waals surface area contributed by atoms with E-state index in [0.29, 0.717) is 26.1 Å². The summed E-state index contributed by atoms with van der Waals surface area (Å²) >= 11 is 0. The molecule has 1 aliphatic heterocycles. The Hall–Kier alpha value is -0.740. The van der Waals surface area contributed by atoms with Crippen LogP contribution in [-0.2, 0) is 14.3 Å². The SMILES string of the molecule is CCCCCC(=O)C(=O)CC1COCCC1O. The van der Waals surface area contributed by atoms with Crippen LogP contribution in [0.1, 0.15) is 45.4 Å². The Labute approximate surface area is 102 Å². The molecule has 0 spiro atoms. The van der Waals surface area contributed by atoms with E-state index in [-0.39, 0.29) is 23.9 Å². The molecule has 0 bridgehead atoms. The Bertz CT molecular complexity index is 262. The van der Waals surface area contributed by atoms with Gasteiger partial charge in [0, 0.05) is 25.4 Å². The van der Waals surface area contributed by atoms with Crippen LogP contribution in [-0.4, -0.2) is 36.0 Å². The second-order valence-electron chi connectivity index (χ2n) is 4.70. The molecule has 0 aliphatic carbocycles. The molecule has 1 rings (SSSR count). The van der Waals surface area contributed by atoms with Crippen molar-refractivity contribution in [3.05, 3.63) is 0 Å². The highest BCUT2D eigenvalue weighted by molar-refractivity contribution is 6.37. The third-order valence-electron chi connectivity index (χ3n) is 3.20. The second-order valence-corrected chi connectivity index (χ2v) is 4.70. The van der Waals surface area contributed by atoms with Gasteiger partial charge in [0.15, 0.2) is 11.6 Å². The van der Waals surface area contributed by atoms with Crippen molar-refractivity contribution in [2.24, 2.45) is 5.92 Å². The highest BCUT2D eigenvalue weighted by Crippen LogP contribution is 2.19. The van der Waals surface area contributed by atoms with Gasteiger partial charge in [0.1, 0.15) is 0 Å². The van der Waals surface area contributed by atoms with E-state index in [1.165, 1.54) is 0 Å². The minimum Gasteiger partial charge on any atom is -0.393 e. The Morgan fingerprint density at radius 3 is 2.71 bits per heavy atom. The van der Waals surface area contributed by atoms with Gasteiger partial charge in [-0.2, -0.15) is 0 Å². The number of hydrogen-bond acceptors (Lipinski definition) is 4. The van der Waals surface area contributed by atoms with Gasteiger partial charge in [-0.25, -0.2) is 0 Å². The molecule has 2 atom stereocenters. The lowest BCUT2D eigenvalue weighted by Crippen LogP contribution is -2.34. The normalized spacial score (nSPS) is 24.6. The smallest absolute Gasteiger partial charge is 0.198 e. The fraction of sp³-hybridized carbons (Fsp3) is 0.846. The predicted octanol–water partition coefficient (Wildman–Crippen LogP) is 1.49. The van der Waals surface area contributed by atoms with Crippen molar-refractivity contribution in [2.75, 3.05) is 13.2 Å². The van der Waals surface area contributed by atoms with Gasteiger partial charge in [-0.3, -0.25) is 9.59 Å². The Morgan fingerprint density at radius 2 is 2.06 bits per heavy atom. The Balaban J connectivity index is 2.29. The first-order chi connectivity index (χ1) is 8.15. The standard InChI is InChI=1S/C13H22O4/c1-2-3-4-5-12(15)13(16)8-10-9-17-7-6-11(10)14/h10-11,14H,2-9H2,1H3. The summed E-state index contributed by atoms with van der Waals surface area (Å²) in [5.41, 5.74) is 0. The number of aliphatic hydroxyl groups is 1. The molecule has 0 aromatic carbocycles. The zero-order chi connectivity index (χ0) is 12.7. The van der Waals surface area contributed by atoms with Crippen molar-refractivity contribution in [1.82, 2.24) is 0 Å². The summed E-state index contributed by atoms with van der Waals surface area (Å²) < 4.78 is 5.21. The number of ketones is 2. The van der Waals surface area contributed by atoms with Gasteiger partial charge in [-0.1, -0.05) is 19.8 Å². The molecule has 4 nitrogen and oxygen atoms in total. The third-order valence-corrected chi connectivity index (χ3v) is 3.20. The molecule has 4 heteroatoms. The molecule has 98 valence electrons. The quantitative estimate of drug-likeness (QED) is 0.542. The molecule has 0 saturated carbocycles. The summed E-state index contributed by atoms with van der Waals surface area (Å²) in [6, 6.07) is 0. The van der Waals surface area contributed by atoms with Crippen LogP contribution in [0.3, 0.4) is 0 Å². The number of ether oxygens (including phenoxy) is 1. The predicted molar refractivity (Wildman–Crippen MR) is 63.7 cm³/mol. The van der Waals surface area contributed by atoms with E-state index in [1.807, 2.05) is 0 Å². The molecular formula is C13H22O4. The molecule has 1 saturated heterocycles. The van der Waals surface area contributed by atoms with Crippen LogP contribution in [0.5, 0.6) is 0 Å². The van der Waals surface area contributed by atoms with Crippen molar-refractivity contribution in [1.29, 1.82) is 0 Å². The Kier molecular flexibility index (Phi) is 6.37. The van der Waals surface area contributed by atoms with E-state index in [9.17, 15) is 14.7 Å². The lowest BCUT2D eigenvalue weighted by molar-refractivity contribution is -0.139. The first-order valence-electron chi connectivity index (χ1n) is 6.47. The fourth-order valence-electron chi connectivity index (χ4n) is 2.01. The van der Waals surface area contributed by atoms with Crippen molar-refractivity contribution in [2.45, 2.75) is 51.6 Å². The lowest BCUT2D eigenvalue weighted by Gasteiger charge is -2.26. The minimum atomic E-state index is -0.504. The van der Waals surface area contributed by atoms with E-state index >= 15 is 0 Å². The zero-order valence-corrected chi connectivity index (χ0v) is 10.5. The Morgan fingerprint density at radius 1 is 1.29 bits per heavy atom. The van der Waals surface area contributed by atoms with Gasteiger partial charge >= 0.3 is 0 Å². The molecule has 0 radical (unpaired) electrons. The minimum absolute atomic E-state index is 0.131. The molecule has 1 aliphatic rings. The van der Waals surface area contributed by atoms with Gasteiger partial charge in [0.2, 0.25) is 0 Å². The number of Topliss-reactive ketones (excluding diaryl/α,β-unsaturated/α-hetero) is 2. The molecular weight excluding hydrogens is 220 g/mol. The summed E-state index contributed by atoms with van der Waals surface area (Å²) in [5, 5.41) is 9.67. The van der Waals surface area contributed by atoms with Crippen LogP contribution < -0.4 is 0 Å². The number of carbonyl (C=O) groups is 2. The maximum absolute atomic E-state index is 11.6. The van der Waals surface area contributed by atoms with Gasteiger partial charge in [0.05, 0.1) is 12.7 Å². The highest BCUT2D eigenvalue weighted by Gasteiger charge is 2.27. The topological polar surface area (TPSA) is 63.6 Å². The average Bonchev–Trinajstić information content (AvgIpc) is 2.32. The van der Waals surface area contributed by atoms with Gasteiger partial charge in [-0.05, 0) is 12.8 Å². The molecule has 0 aromatic rings. The molecule has 1 N–H and O–H groups in total. The van der Waals surface area contributed by atoms with Crippen molar-refractivity contribution < 1.29 is 19.4 Å². The zero-order valence-electron chi connectivity index (χ0n) is 10.5. The van der Waals surface area contributed by atoms with Crippen LogP contribution in [0.4, 0.5) is 0 Å². The van der Waals surface area contributed by atoms with Crippen molar-refractivity contribution >= 4 is 11.6 Å². The van der Waals surface area contributed by atoms with Crippen LogP contribution in [0, 0.1) is 5.92 Å². The molecule has 0 aromatic heterocycles. The van der Waals surface area contributed by atoms with Crippen molar-refractivity contribution in [3.63, 3.8) is 0 Å². The molecule has 2 unspecified atom stereocenters. The molecule has 1 fully saturated rings. The average molecular weight is 242 g/mol. The third kappa shape index (κ3) is 4.96. The van der Waals surface area contributed by atoms with Crippen LogP contribution in [0.2, 0.25) is 0 Å². The lowest BCUT2D eigenvalue weighted by atomic mass is 9.91. The summed E-state index contributed by atoms with van der Waals surface area (Å²) in [4.78, 5) is 23.2. The first kappa shape index (κ1) is 14.3. The maximum atomic E-state index is 11.6. The van der Waals surface area contributed by atoms with E-state index in [1.54, 1.807) is 0 Å². The number of hydrogen-bond donors (Lipinski definition) is 1. The number of carbonyl (C=O) groups excluding carboxylic acids is 2. The largest absolute Gasteiger partial charge is 0.393 e. The summed E-state index contributed by atoms with van der Waals surface area (Å²) in [6.07, 6.45) is 3.33. The van der Waals surface area contributed by atoms with Gasteiger partial charge in [0.25, 0.3) is 0 Å². The van der Waals surface area contributed by atoms with E-state index in [0.717, 1.165) is 19.3 Å². The number of rotatable bonds is 7. The molecule has 17 heavy (non-hydrogen) atoms. The van der Waals surface area contributed by atoms with Gasteiger partial charge in [-0.15, -0.1) is 0 Å². The van der Waals surface area contributed by atoms with Crippen molar-refractivity contribution in [3.8, 4) is 0 Å². The fourth-order valence-corrected chi connectivity index (χ4v) is 2.01. The van der Waals surface area contributed by atoms with Gasteiger partial charge < -0.3 is 9.84 Å².